The van der Waals surface area contributed by atoms with Crippen molar-refractivity contribution in [1.82, 2.24) is 9.55 Å². The van der Waals surface area contributed by atoms with E-state index in [0.29, 0.717) is 22.2 Å². The van der Waals surface area contributed by atoms with E-state index < -0.39 is 17.2 Å². The van der Waals surface area contributed by atoms with Crippen molar-refractivity contribution in [3.8, 4) is 0 Å². The van der Waals surface area contributed by atoms with E-state index in [1.807, 2.05) is 0 Å². The van der Waals surface area contributed by atoms with Crippen molar-refractivity contribution < 1.29 is 14.3 Å². The van der Waals surface area contributed by atoms with Gasteiger partial charge in [-0.05, 0) is 37.3 Å². The predicted molar refractivity (Wildman–Crippen MR) is 104 cm³/mol. The fraction of sp³-hybridized carbons (Fsp3) is 0.200. The number of nitrogens with one attached hydrogen (secondary N) is 2. The molecule has 1 amide bonds. The summed E-state index contributed by atoms with van der Waals surface area (Å²) in [4.78, 5) is 51.2. The lowest BCUT2D eigenvalue weighted by Crippen LogP contribution is -2.36. The largest absolute Gasteiger partial charge is 0.462 e. The van der Waals surface area contributed by atoms with Gasteiger partial charge >= 0.3 is 11.7 Å². The van der Waals surface area contributed by atoms with Crippen LogP contribution in [0.15, 0.2) is 58.1 Å². The molecule has 0 unspecified atom stereocenters. The first kappa shape index (κ1) is 19.1. The molecule has 0 saturated heterocycles. The molecule has 0 radical (unpaired) electrons. The van der Waals surface area contributed by atoms with Crippen molar-refractivity contribution in [2.24, 2.45) is 0 Å². The number of H-pyrrole nitrogens is 1. The summed E-state index contributed by atoms with van der Waals surface area (Å²) in [6, 6.07) is 13.0. The van der Waals surface area contributed by atoms with Gasteiger partial charge in [-0.3, -0.25) is 14.2 Å². The van der Waals surface area contributed by atoms with Crippen molar-refractivity contribution >= 4 is 28.5 Å². The first-order valence-electron chi connectivity index (χ1n) is 8.78. The molecule has 0 saturated carbocycles. The molecular formula is C20H19N3O5. The average molecular weight is 381 g/mol. The zero-order chi connectivity index (χ0) is 20.1. The SMILES string of the molecule is CCOC(=O)c1cccc(NC(=O)CCn2c(=O)[nH]c3ccccc3c2=O)c1. The second-order valence-electron chi connectivity index (χ2n) is 6.03. The van der Waals surface area contributed by atoms with Crippen molar-refractivity contribution in [3.05, 3.63) is 74.9 Å². The Bertz CT molecular complexity index is 1150. The number of hydrogen-bond acceptors (Lipinski definition) is 5. The molecule has 8 nitrogen and oxygen atoms in total. The second-order valence-corrected chi connectivity index (χ2v) is 6.03. The monoisotopic (exact) mass is 381 g/mol. The fourth-order valence-electron chi connectivity index (χ4n) is 2.78. The van der Waals surface area contributed by atoms with Gasteiger partial charge in [0.05, 0.1) is 23.1 Å². The van der Waals surface area contributed by atoms with E-state index in [1.54, 1.807) is 49.4 Å². The standard InChI is InChI=1S/C20H19N3O5/c1-2-28-19(26)13-6-5-7-14(12-13)21-17(24)10-11-23-18(25)15-8-3-4-9-16(15)22-20(23)27/h3-9,12H,2,10-11H2,1H3,(H,21,24)(H,22,27). The number of ether oxygens (including phenoxy) is 1. The molecule has 0 aliphatic heterocycles. The predicted octanol–water partition coefficient (Wildman–Crippen LogP) is 1.90. The van der Waals surface area contributed by atoms with E-state index in [0.717, 1.165) is 4.57 Å². The highest BCUT2D eigenvalue weighted by atomic mass is 16.5. The summed E-state index contributed by atoms with van der Waals surface area (Å²) >= 11 is 0. The summed E-state index contributed by atoms with van der Waals surface area (Å²) in [6.07, 6.45) is -0.0784. The first-order valence-corrected chi connectivity index (χ1v) is 8.78. The Morgan fingerprint density at radius 1 is 1.11 bits per heavy atom. The van der Waals surface area contributed by atoms with E-state index in [1.165, 1.54) is 6.07 Å². The summed E-state index contributed by atoms with van der Waals surface area (Å²) in [6.45, 7) is 1.90. The lowest BCUT2D eigenvalue weighted by Gasteiger charge is -2.09. The van der Waals surface area contributed by atoms with Crippen LogP contribution in [0.25, 0.3) is 10.9 Å². The number of esters is 1. The Hall–Kier alpha value is -3.68. The van der Waals surface area contributed by atoms with Crippen LogP contribution in [0.4, 0.5) is 5.69 Å². The molecule has 2 N–H and O–H groups in total. The molecule has 3 aromatic rings. The Morgan fingerprint density at radius 3 is 2.68 bits per heavy atom. The highest BCUT2D eigenvalue weighted by Crippen LogP contribution is 2.12. The highest BCUT2D eigenvalue weighted by Gasteiger charge is 2.11. The van der Waals surface area contributed by atoms with Gasteiger partial charge in [0.15, 0.2) is 0 Å². The molecule has 3 rings (SSSR count). The number of fused-ring (bicyclic) bond motifs is 1. The van der Waals surface area contributed by atoms with E-state index in [-0.39, 0.29) is 25.5 Å². The van der Waals surface area contributed by atoms with Gasteiger partial charge in [-0.25, -0.2) is 9.59 Å². The number of rotatable bonds is 6. The van der Waals surface area contributed by atoms with Gasteiger partial charge in [-0.2, -0.15) is 0 Å². The zero-order valence-corrected chi connectivity index (χ0v) is 15.2. The van der Waals surface area contributed by atoms with Crippen LogP contribution < -0.4 is 16.6 Å². The first-order chi connectivity index (χ1) is 13.5. The molecule has 144 valence electrons. The molecule has 8 heteroatoms. The Kier molecular flexibility index (Phi) is 5.69. The van der Waals surface area contributed by atoms with Gasteiger partial charge in [-0.15, -0.1) is 0 Å². The van der Waals surface area contributed by atoms with Gasteiger partial charge in [0.1, 0.15) is 0 Å². The Labute approximate surface area is 159 Å². The van der Waals surface area contributed by atoms with Crippen molar-refractivity contribution in [3.63, 3.8) is 0 Å². The molecule has 0 bridgehead atoms. The van der Waals surface area contributed by atoms with Crippen LogP contribution in [0.5, 0.6) is 0 Å². The number of hydrogen-bond donors (Lipinski definition) is 2. The zero-order valence-electron chi connectivity index (χ0n) is 15.2. The molecule has 28 heavy (non-hydrogen) atoms. The Morgan fingerprint density at radius 2 is 1.89 bits per heavy atom. The van der Waals surface area contributed by atoms with Crippen LogP contribution in [0.2, 0.25) is 0 Å². The number of benzene rings is 2. The Balaban J connectivity index is 1.71. The number of anilines is 1. The highest BCUT2D eigenvalue weighted by molar-refractivity contribution is 5.94. The second kappa shape index (κ2) is 8.34. The molecule has 0 fully saturated rings. The molecule has 1 aromatic heterocycles. The van der Waals surface area contributed by atoms with Crippen molar-refractivity contribution in [2.45, 2.75) is 19.9 Å². The molecule has 0 aliphatic rings. The molecule has 1 heterocycles. The molecule has 0 spiro atoms. The molecule has 2 aromatic carbocycles. The van der Waals surface area contributed by atoms with Crippen molar-refractivity contribution in [1.29, 1.82) is 0 Å². The summed E-state index contributed by atoms with van der Waals surface area (Å²) in [5.74, 6) is -0.867. The minimum absolute atomic E-state index is 0.0671. The normalized spacial score (nSPS) is 10.6. The number of aromatic nitrogens is 2. The van der Waals surface area contributed by atoms with Crippen molar-refractivity contribution in [2.75, 3.05) is 11.9 Å². The molecule has 0 atom stereocenters. The van der Waals surface area contributed by atoms with Gasteiger partial charge < -0.3 is 15.0 Å². The lowest BCUT2D eigenvalue weighted by molar-refractivity contribution is -0.116. The van der Waals surface area contributed by atoms with Crippen LogP contribution >= 0.6 is 0 Å². The van der Waals surface area contributed by atoms with Crippen LogP contribution in [0.3, 0.4) is 0 Å². The number of para-hydroxylation sites is 1. The summed E-state index contributed by atoms with van der Waals surface area (Å²) in [5, 5.41) is 3.03. The third kappa shape index (κ3) is 4.17. The van der Waals surface area contributed by atoms with Gasteiger partial charge in [-0.1, -0.05) is 18.2 Å². The lowest BCUT2D eigenvalue weighted by atomic mass is 10.2. The fourth-order valence-corrected chi connectivity index (χ4v) is 2.78. The van der Waals surface area contributed by atoms with Crippen LogP contribution in [-0.4, -0.2) is 28.0 Å². The van der Waals surface area contributed by atoms with E-state index in [4.69, 9.17) is 4.74 Å². The third-order valence-corrected chi connectivity index (χ3v) is 4.11. The average Bonchev–Trinajstić information content (AvgIpc) is 2.68. The number of carbonyl (C=O) groups excluding carboxylic acids is 2. The number of aromatic amines is 1. The van der Waals surface area contributed by atoms with Gasteiger partial charge in [0.25, 0.3) is 5.56 Å². The summed E-state index contributed by atoms with van der Waals surface area (Å²) < 4.78 is 5.92. The maximum Gasteiger partial charge on any atom is 0.338 e. The summed E-state index contributed by atoms with van der Waals surface area (Å²) in [7, 11) is 0. The van der Waals surface area contributed by atoms with Gasteiger partial charge in [0.2, 0.25) is 5.91 Å². The smallest absolute Gasteiger partial charge is 0.338 e. The minimum Gasteiger partial charge on any atom is -0.462 e. The molecule has 0 aliphatic carbocycles. The summed E-state index contributed by atoms with van der Waals surface area (Å²) in [5.41, 5.74) is 0.184. The molecular weight excluding hydrogens is 362 g/mol. The minimum atomic E-state index is -0.569. The maximum absolute atomic E-state index is 12.5. The maximum atomic E-state index is 12.5. The quantitative estimate of drug-likeness (QED) is 0.634. The van der Waals surface area contributed by atoms with Crippen LogP contribution in [0, 0.1) is 0 Å². The van der Waals surface area contributed by atoms with E-state index >= 15 is 0 Å². The topological polar surface area (TPSA) is 110 Å². The van der Waals surface area contributed by atoms with E-state index in [9.17, 15) is 19.2 Å². The van der Waals surface area contributed by atoms with Gasteiger partial charge in [0, 0.05) is 18.7 Å². The van der Waals surface area contributed by atoms with Crippen LogP contribution in [-0.2, 0) is 16.1 Å². The number of carbonyl (C=O) groups is 2. The van der Waals surface area contributed by atoms with Crippen LogP contribution in [0.1, 0.15) is 23.7 Å². The number of nitrogens with zero attached hydrogens (tertiary/aromatic N) is 1. The number of amides is 1. The van der Waals surface area contributed by atoms with E-state index in [2.05, 4.69) is 10.3 Å². The third-order valence-electron chi connectivity index (χ3n) is 4.11.